The molecule has 0 aromatic carbocycles. The molecule has 1 aliphatic rings. The smallest absolute Gasteiger partial charge is 0.191 e. The van der Waals surface area contributed by atoms with Crippen molar-refractivity contribution in [2.24, 2.45) is 17.5 Å². The van der Waals surface area contributed by atoms with E-state index in [-0.39, 0.29) is 35.4 Å². The third kappa shape index (κ3) is 6.07. The zero-order chi connectivity index (χ0) is 20.7. The fourth-order valence-corrected chi connectivity index (χ4v) is 4.43. The highest BCUT2D eigenvalue weighted by Crippen LogP contribution is 2.48. The van der Waals surface area contributed by atoms with Crippen LogP contribution in [0.25, 0.3) is 0 Å². The Balaban J connectivity index is 0.00000420. The van der Waals surface area contributed by atoms with Crippen LogP contribution in [0.5, 0.6) is 0 Å². The second-order valence-electron chi connectivity index (χ2n) is 7.96. The molecule has 0 radical (unpaired) electrons. The fraction of sp³-hybridized carbons (Fsp3) is 0.810. The van der Waals surface area contributed by atoms with Crippen molar-refractivity contribution in [1.82, 2.24) is 25.3 Å². The Labute approximate surface area is 194 Å². The first-order chi connectivity index (χ1) is 13.4. The van der Waals surface area contributed by atoms with Crippen molar-refractivity contribution in [2.45, 2.75) is 65.1 Å². The predicted molar refractivity (Wildman–Crippen MR) is 131 cm³/mol. The van der Waals surface area contributed by atoms with Crippen LogP contribution in [0.1, 0.15) is 58.6 Å². The van der Waals surface area contributed by atoms with Gasteiger partial charge in [0.15, 0.2) is 5.96 Å². The number of nitrogens with one attached hydrogen (secondary N) is 2. The van der Waals surface area contributed by atoms with Crippen molar-refractivity contribution < 1.29 is 4.74 Å². The quantitative estimate of drug-likeness (QED) is 0.282. The number of likely N-dealkylation sites (N-methyl/N-ethyl adjacent to an activating group) is 1. The second kappa shape index (κ2) is 12.1. The Morgan fingerprint density at radius 3 is 2.52 bits per heavy atom. The summed E-state index contributed by atoms with van der Waals surface area (Å²) in [7, 11) is 6.13. The predicted octanol–water partition coefficient (Wildman–Crippen LogP) is 3.18. The number of hydrogen-bond donors (Lipinski definition) is 2. The minimum Gasteiger partial charge on any atom is -0.378 e. The minimum absolute atomic E-state index is 0. The summed E-state index contributed by atoms with van der Waals surface area (Å²) in [6.45, 7) is 11.1. The van der Waals surface area contributed by atoms with Crippen LogP contribution in [-0.2, 0) is 11.8 Å². The maximum Gasteiger partial charge on any atom is 0.191 e. The zero-order valence-corrected chi connectivity index (χ0v) is 21.6. The van der Waals surface area contributed by atoms with Gasteiger partial charge in [-0.2, -0.15) is 5.10 Å². The molecule has 1 aliphatic carbocycles. The van der Waals surface area contributed by atoms with E-state index in [4.69, 9.17) is 9.73 Å². The molecule has 7 nitrogen and oxygen atoms in total. The van der Waals surface area contributed by atoms with Crippen molar-refractivity contribution in [3.05, 3.63) is 18.0 Å². The van der Waals surface area contributed by atoms with E-state index in [2.05, 4.69) is 68.6 Å². The van der Waals surface area contributed by atoms with Gasteiger partial charge in [0.1, 0.15) is 0 Å². The largest absolute Gasteiger partial charge is 0.378 e. The third-order valence-corrected chi connectivity index (χ3v) is 6.28. The number of hydrogen-bond acceptors (Lipinski definition) is 4. The molecule has 29 heavy (non-hydrogen) atoms. The highest BCUT2D eigenvalue weighted by Gasteiger charge is 2.53. The van der Waals surface area contributed by atoms with Gasteiger partial charge in [0, 0.05) is 43.4 Å². The van der Waals surface area contributed by atoms with Crippen LogP contribution in [-0.4, -0.2) is 66.6 Å². The summed E-state index contributed by atoms with van der Waals surface area (Å²) in [5.74, 6) is 0.893. The number of aryl methyl sites for hydroxylation is 1. The number of nitrogens with zero attached hydrogens (tertiary/aromatic N) is 4. The minimum atomic E-state index is 0. The van der Waals surface area contributed by atoms with E-state index in [9.17, 15) is 0 Å². The van der Waals surface area contributed by atoms with Crippen LogP contribution in [0, 0.1) is 5.41 Å². The number of rotatable bonds is 10. The molecular formula is C21H41IN6O. The van der Waals surface area contributed by atoms with Crippen molar-refractivity contribution in [3.63, 3.8) is 0 Å². The average Bonchev–Trinajstić information content (AvgIpc) is 3.07. The van der Waals surface area contributed by atoms with E-state index in [1.54, 1.807) is 0 Å². The van der Waals surface area contributed by atoms with Crippen molar-refractivity contribution in [2.75, 3.05) is 33.8 Å². The van der Waals surface area contributed by atoms with Gasteiger partial charge in [-0.1, -0.05) is 13.8 Å². The standard InChI is InChI=1S/C21H40N6O.HI/c1-8-21(9-2)18(12-19(21)28-11-4)25-20(22-10-3)23-14-17(26(5)6)16-13-24-27(7)15-16;/h13,15,17-19H,8-12,14H2,1-7H3,(H2,22,23,25);1H. The van der Waals surface area contributed by atoms with Gasteiger partial charge >= 0.3 is 0 Å². The summed E-state index contributed by atoms with van der Waals surface area (Å²) in [5, 5.41) is 11.4. The average molecular weight is 521 g/mol. The molecule has 1 heterocycles. The topological polar surface area (TPSA) is 66.7 Å². The van der Waals surface area contributed by atoms with Crippen LogP contribution in [0.4, 0.5) is 0 Å². The van der Waals surface area contributed by atoms with Crippen molar-refractivity contribution in [3.8, 4) is 0 Å². The molecule has 2 rings (SSSR count). The summed E-state index contributed by atoms with van der Waals surface area (Å²) in [6.07, 6.45) is 7.61. The first-order valence-corrected chi connectivity index (χ1v) is 10.7. The van der Waals surface area contributed by atoms with Crippen LogP contribution in [0.15, 0.2) is 17.4 Å². The number of aromatic nitrogens is 2. The van der Waals surface area contributed by atoms with Crippen molar-refractivity contribution >= 4 is 29.9 Å². The van der Waals surface area contributed by atoms with Gasteiger partial charge in [-0.15, -0.1) is 24.0 Å². The second-order valence-corrected chi connectivity index (χ2v) is 7.96. The summed E-state index contributed by atoms with van der Waals surface area (Å²) in [5.41, 5.74) is 1.37. The van der Waals surface area contributed by atoms with E-state index in [0.717, 1.165) is 38.4 Å². The van der Waals surface area contributed by atoms with Gasteiger partial charge in [-0.3, -0.25) is 9.67 Å². The molecule has 2 N–H and O–H groups in total. The number of halogens is 1. The maximum absolute atomic E-state index is 6.02. The third-order valence-electron chi connectivity index (χ3n) is 6.28. The highest BCUT2D eigenvalue weighted by molar-refractivity contribution is 14.0. The first kappa shape index (κ1) is 26.2. The molecule has 1 aromatic heterocycles. The summed E-state index contributed by atoms with van der Waals surface area (Å²) < 4.78 is 7.87. The molecule has 3 atom stereocenters. The molecule has 3 unspecified atom stereocenters. The van der Waals surface area contributed by atoms with E-state index >= 15 is 0 Å². The van der Waals surface area contributed by atoms with E-state index < -0.39 is 0 Å². The zero-order valence-electron chi connectivity index (χ0n) is 19.2. The van der Waals surface area contributed by atoms with E-state index in [1.807, 2.05) is 17.9 Å². The lowest BCUT2D eigenvalue weighted by Gasteiger charge is -2.55. The van der Waals surface area contributed by atoms with Gasteiger partial charge in [-0.05, 0) is 47.2 Å². The molecule has 0 aliphatic heterocycles. The molecule has 0 amide bonds. The lowest BCUT2D eigenvalue weighted by atomic mass is 9.58. The van der Waals surface area contributed by atoms with Gasteiger partial charge in [-0.25, -0.2) is 0 Å². The Hall–Kier alpha value is -0.870. The van der Waals surface area contributed by atoms with E-state index in [0.29, 0.717) is 18.7 Å². The molecule has 8 heteroatoms. The number of guanidine groups is 1. The van der Waals surface area contributed by atoms with Gasteiger partial charge in [0.25, 0.3) is 0 Å². The summed E-state index contributed by atoms with van der Waals surface area (Å²) >= 11 is 0. The normalized spacial score (nSPS) is 22.0. The molecular weight excluding hydrogens is 479 g/mol. The molecule has 168 valence electrons. The van der Waals surface area contributed by atoms with Gasteiger partial charge < -0.3 is 20.3 Å². The molecule has 1 saturated carbocycles. The first-order valence-electron chi connectivity index (χ1n) is 10.7. The number of aliphatic imine (C=N–C) groups is 1. The lowest BCUT2D eigenvalue weighted by molar-refractivity contribution is -0.133. The molecule has 1 aromatic rings. The SMILES string of the molecule is CCNC(=NCC(c1cnn(C)c1)N(C)C)NC1CC(OCC)C1(CC)CC.I. The maximum atomic E-state index is 6.02. The van der Waals surface area contributed by atoms with Crippen LogP contribution in [0.3, 0.4) is 0 Å². The molecule has 0 bridgehead atoms. The highest BCUT2D eigenvalue weighted by atomic mass is 127. The van der Waals surface area contributed by atoms with Crippen LogP contribution >= 0.6 is 24.0 Å². The Morgan fingerprint density at radius 1 is 1.34 bits per heavy atom. The molecule has 1 fully saturated rings. The Morgan fingerprint density at radius 2 is 2.03 bits per heavy atom. The monoisotopic (exact) mass is 520 g/mol. The lowest BCUT2D eigenvalue weighted by Crippen LogP contribution is -2.65. The molecule has 0 saturated heterocycles. The Bertz CT molecular complexity index is 628. The van der Waals surface area contributed by atoms with Gasteiger partial charge in [0.2, 0.25) is 0 Å². The van der Waals surface area contributed by atoms with Gasteiger partial charge in [0.05, 0.1) is 24.9 Å². The fourth-order valence-electron chi connectivity index (χ4n) is 4.43. The van der Waals surface area contributed by atoms with Crippen LogP contribution in [0.2, 0.25) is 0 Å². The number of ether oxygens (including phenoxy) is 1. The van der Waals surface area contributed by atoms with Crippen LogP contribution < -0.4 is 10.6 Å². The van der Waals surface area contributed by atoms with Crippen molar-refractivity contribution in [1.29, 1.82) is 0 Å². The summed E-state index contributed by atoms with van der Waals surface area (Å²) in [6, 6.07) is 0.594. The van der Waals surface area contributed by atoms with E-state index in [1.165, 1.54) is 5.56 Å². The molecule has 0 spiro atoms. The summed E-state index contributed by atoms with van der Waals surface area (Å²) in [4.78, 5) is 7.12. The Kier molecular flexibility index (Phi) is 10.9.